The number of hydrogen-bond donors (Lipinski definition) is 1. The zero-order valence-corrected chi connectivity index (χ0v) is 13.3. The topological polar surface area (TPSA) is 24.5 Å². The molecule has 1 aliphatic heterocycles. The molecule has 0 spiro atoms. The van der Waals surface area contributed by atoms with Gasteiger partial charge in [0.05, 0.1) is 0 Å². The largest absolute Gasteiger partial charge is 0.484 e. The van der Waals surface area contributed by atoms with Gasteiger partial charge in [-0.1, -0.05) is 18.2 Å². The number of nitrogens with one attached hydrogen (secondary N) is 1. The molecule has 3 nitrogen and oxygen atoms in total. The van der Waals surface area contributed by atoms with E-state index in [2.05, 4.69) is 10.2 Å². The number of likely N-dealkylation sites (N-methyl/N-ethyl adjacent to an activating group) is 1. The first-order chi connectivity index (χ1) is 9.98. The van der Waals surface area contributed by atoms with E-state index in [1.54, 1.807) is 12.1 Å². The monoisotopic (exact) mass is 338 g/mol. The number of para-hydroxylation sites is 1. The third-order valence-corrected chi connectivity index (χ3v) is 3.67. The van der Waals surface area contributed by atoms with Gasteiger partial charge in [0.25, 0.3) is 0 Å². The van der Waals surface area contributed by atoms with Crippen molar-refractivity contribution >= 4 is 12.4 Å². The summed E-state index contributed by atoms with van der Waals surface area (Å²) in [5, 5.41) is 3.26. The van der Waals surface area contributed by atoms with Crippen LogP contribution in [0.15, 0.2) is 24.3 Å². The Morgan fingerprint density at radius 1 is 1.32 bits per heavy atom. The van der Waals surface area contributed by atoms with E-state index < -0.39 is 12.8 Å². The molecule has 1 saturated heterocycles. The molecule has 1 aliphatic rings. The Balaban J connectivity index is 0.00000242. The van der Waals surface area contributed by atoms with Gasteiger partial charge in [-0.15, -0.1) is 12.4 Å². The maximum absolute atomic E-state index is 12.3. The van der Waals surface area contributed by atoms with E-state index in [0.717, 1.165) is 31.5 Å². The number of rotatable bonds is 5. The second-order valence-corrected chi connectivity index (χ2v) is 5.37. The van der Waals surface area contributed by atoms with Gasteiger partial charge in [0, 0.05) is 24.7 Å². The van der Waals surface area contributed by atoms with Gasteiger partial charge in [-0.3, -0.25) is 4.90 Å². The first kappa shape index (κ1) is 19.1. The molecule has 22 heavy (non-hydrogen) atoms. The first-order valence-electron chi connectivity index (χ1n) is 7.15. The molecule has 0 saturated carbocycles. The van der Waals surface area contributed by atoms with Crippen LogP contribution in [0.25, 0.3) is 0 Å². The second-order valence-electron chi connectivity index (χ2n) is 5.37. The summed E-state index contributed by atoms with van der Waals surface area (Å²) in [7, 11) is 1.94. The van der Waals surface area contributed by atoms with Crippen molar-refractivity contribution in [1.82, 2.24) is 10.2 Å². The molecule has 1 N–H and O–H groups in total. The SMILES string of the molecule is CNC1CCCN(Cc2ccccc2OCC(F)(F)F)C1.Cl. The molecule has 0 amide bonds. The van der Waals surface area contributed by atoms with E-state index in [0.29, 0.717) is 18.3 Å². The van der Waals surface area contributed by atoms with Crippen molar-refractivity contribution in [2.24, 2.45) is 0 Å². The highest BCUT2D eigenvalue weighted by molar-refractivity contribution is 5.85. The maximum atomic E-state index is 12.3. The van der Waals surface area contributed by atoms with Gasteiger partial charge in [-0.25, -0.2) is 0 Å². The van der Waals surface area contributed by atoms with Crippen LogP contribution in [0.4, 0.5) is 13.2 Å². The number of likely N-dealkylation sites (tertiary alicyclic amines) is 1. The molecule has 0 radical (unpaired) electrons. The first-order valence-corrected chi connectivity index (χ1v) is 7.15. The fraction of sp³-hybridized carbons (Fsp3) is 0.600. The molecule has 1 heterocycles. The minimum atomic E-state index is -4.31. The minimum absolute atomic E-state index is 0. The van der Waals surface area contributed by atoms with E-state index in [4.69, 9.17) is 4.74 Å². The molecule has 0 bridgehead atoms. The minimum Gasteiger partial charge on any atom is -0.484 e. The standard InChI is InChI=1S/C15H21F3N2O.ClH/c1-19-13-6-4-8-20(10-13)9-12-5-2-3-7-14(12)21-11-15(16,17)18;/h2-3,5,7,13,19H,4,6,8-11H2,1H3;1H. The predicted molar refractivity (Wildman–Crippen MR) is 82.6 cm³/mol. The Labute approximate surface area is 135 Å². The molecule has 126 valence electrons. The van der Waals surface area contributed by atoms with Gasteiger partial charge in [0.15, 0.2) is 6.61 Å². The molecule has 1 aromatic carbocycles. The van der Waals surface area contributed by atoms with Crippen molar-refractivity contribution in [3.63, 3.8) is 0 Å². The van der Waals surface area contributed by atoms with Crippen LogP contribution in [-0.4, -0.2) is 43.9 Å². The summed E-state index contributed by atoms with van der Waals surface area (Å²) in [6, 6.07) is 7.40. The maximum Gasteiger partial charge on any atom is 0.422 e. The molecule has 1 atom stereocenters. The average molecular weight is 339 g/mol. The van der Waals surface area contributed by atoms with E-state index in [-0.39, 0.29) is 12.4 Å². The van der Waals surface area contributed by atoms with Crippen LogP contribution in [0.5, 0.6) is 5.75 Å². The Hall–Kier alpha value is -0.980. The van der Waals surface area contributed by atoms with Crippen molar-refractivity contribution in [1.29, 1.82) is 0 Å². The summed E-state index contributed by atoms with van der Waals surface area (Å²) >= 11 is 0. The molecule has 0 aliphatic carbocycles. The molecular weight excluding hydrogens is 317 g/mol. The number of alkyl halides is 3. The molecule has 0 aromatic heterocycles. The molecule has 2 rings (SSSR count). The summed E-state index contributed by atoms with van der Waals surface area (Å²) in [5.74, 6) is 0.321. The third kappa shape index (κ3) is 6.02. The van der Waals surface area contributed by atoms with Crippen LogP contribution in [-0.2, 0) is 6.54 Å². The van der Waals surface area contributed by atoms with Gasteiger partial charge >= 0.3 is 6.18 Å². The van der Waals surface area contributed by atoms with E-state index in [1.807, 2.05) is 19.2 Å². The lowest BCUT2D eigenvalue weighted by atomic mass is 10.0. The average Bonchev–Trinajstić information content (AvgIpc) is 2.46. The number of ether oxygens (including phenoxy) is 1. The summed E-state index contributed by atoms with van der Waals surface area (Å²) in [6.07, 6.45) is -2.08. The fourth-order valence-electron chi connectivity index (χ4n) is 2.61. The Morgan fingerprint density at radius 2 is 2.05 bits per heavy atom. The number of benzene rings is 1. The van der Waals surface area contributed by atoms with Crippen molar-refractivity contribution in [2.45, 2.75) is 31.6 Å². The van der Waals surface area contributed by atoms with E-state index >= 15 is 0 Å². The molecule has 1 aromatic rings. The lowest BCUT2D eigenvalue weighted by molar-refractivity contribution is -0.153. The number of nitrogens with zero attached hydrogens (tertiary/aromatic N) is 1. The number of halogens is 4. The van der Waals surface area contributed by atoms with Crippen LogP contribution in [0.1, 0.15) is 18.4 Å². The molecule has 1 fully saturated rings. The van der Waals surface area contributed by atoms with Crippen LogP contribution < -0.4 is 10.1 Å². The van der Waals surface area contributed by atoms with Crippen LogP contribution in [0.2, 0.25) is 0 Å². The predicted octanol–water partition coefficient (Wildman–Crippen LogP) is 3.23. The van der Waals surface area contributed by atoms with E-state index in [9.17, 15) is 13.2 Å². The molecular formula is C15H22ClF3N2O. The highest BCUT2D eigenvalue weighted by Gasteiger charge is 2.29. The van der Waals surface area contributed by atoms with Crippen molar-refractivity contribution < 1.29 is 17.9 Å². The van der Waals surface area contributed by atoms with Crippen molar-refractivity contribution in [3.8, 4) is 5.75 Å². The van der Waals surface area contributed by atoms with Gasteiger partial charge in [0.2, 0.25) is 0 Å². The summed E-state index contributed by atoms with van der Waals surface area (Å²) in [6.45, 7) is 1.24. The van der Waals surface area contributed by atoms with Gasteiger partial charge in [-0.2, -0.15) is 13.2 Å². The van der Waals surface area contributed by atoms with Gasteiger partial charge in [-0.05, 0) is 32.5 Å². The fourth-order valence-corrected chi connectivity index (χ4v) is 2.61. The zero-order chi connectivity index (χ0) is 15.3. The lowest BCUT2D eigenvalue weighted by Gasteiger charge is -2.32. The Bertz CT molecular complexity index is 457. The normalized spacial score (nSPS) is 19.5. The highest BCUT2D eigenvalue weighted by Crippen LogP contribution is 2.24. The second kappa shape index (κ2) is 8.60. The van der Waals surface area contributed by atoms with Crippen molar-refractivity contribution in [3.05, 3.63) is 29.8 Å². The number of piperidine rings is 1. The smallest absolute Gasteiger partial charge is 0.422 e. The number of hydrogen-bond acceptors (Lipinski definition) is 3. The van der Waals surface area contributed by atoms with Crippen LogP contribution in [0.3, 0.4) is 0 Å². The van der Waals surface area contributed by atoms with Gasteiger partial charge < -0.3 is 10.1 Å². The molecule has 1 unspecified atom stereocenters. The highest BCUT2D eigenvalue weighted by atomic mass is 35.5. The summed E-state index contributed by atoms with van der Waals surface area (Å²) < 4.78 is 41.8. The third-order valence-electron chi connectivity index (χ3n) is 3.67. The van der Waals surface area contributed by atoms with Crippen molar-refractivity contribution in [2.75, 3.05) is 26.7 Å². The summed E-state index contributed by atoms with van der Waals surface area (Å²) in [4.78, 5) is 2.25. The van der Waals surface area contributed by atoms with Crippen LogP contribution >= 0.6 is 12.4 Å². The quantitative estimate of drug-likeness (QED) is 0.892. The Kier molecular flexibility index (Phi) is 7.45. The van der Waals surface area contributed by atoms with E-state index in [1.165, 1.54) is 0 Å². The molecule has 7 heteroatoms. The van der Waals surface area contributed by atoms with Crippen LogP contribution in [0, 0.1) is 0 Å². The van der Waals surface area contributed by atoms with Gasteiger partial charge in [0.1, 0.15) is 5.75 Å². The summed E-state index contributed by atoms with van der Waals surface area (Å²) in [5.41, 5.74) is 0.804. The lowest BCUT2D eigenvalue weighted by Crippen LogP contribution is -2.43. The zero-order valence-electron chi connectivity index (χ0n) is 12.5. The Morgan fingerprint density at radius 3 is 2.73 bits per heavy atom.